The summed E-state index contributed by atoms with van der Waals surface area (Å²) in [5.41, 5.74) is 3.65. The first-order valence-corrected chi connectivity index (χ1v) is 7.55. The molecule has 4 nitrogen and oxygen atoms in total. The maximum atomic E-state index is 4.51. The average Bonchev–Trinajstić information content (AvgIpc) is 3.09. The number of rotatable bonds is 3. The van der Waals surface area contributed by atoms with E-state index < -0.39 is 0 Å². The Hall–Kier alpha value is -1.78. The molecule has 130 valence electrons. The van der Waals surface area contributed by atoms with E-state index in [2.05, 4.69) is 70.3 Å². The molecular weight excluding hydrogens is 343 g/mol. The minimum Gasteiger partial charge on any atom is -0.329 e. The number of halogens is 2. The van der Waals surface area contributed by atoms with Crippen molar-refractivity contribution in [2.24, 2.45) is 0 Å². The Morgan fingerprint density at radius 3 is 2.46 bits per heavy atom. The fourth-order valence-corrected chi connectivity index (χ4v) is 2.46. The summed E-state index contributed by atoms with van der Waals surface area (Å²) in [6, 6.07) is 8.63. The summed E-state index contributed by atoms with van der Waals surface area (Å²) in [7, 11) is 0. The Labute approximate surface area is 155 Å². The van der Waals surface area contributed by atoms with Crippen LogP contribution in [0, 0.1) is 6.92 Å². The van der Waals surface area contributed by atoms with Gasteiger partial charge in [0.25, 0.3) is 0 Å². The highest BCUT2D eigenvalue weighted by Crippen LogP contribution is 2.24. The van der Waals surface area contributed by atoms with E-state index in [-0.39, 0.29) is 30.2 Å². The summed E-state index contributed by atoms with van der Waals surface area (Å²) in [6.45, 7) is 9.44. The zero-order chi connectivity index (χ0) is 15.7. The van der Waals surface area contributed by atoms with E-state index in [0.29, 0.717) is 0 Å². The predicted molar refractivity (Wildman–Crippen MR) is 103 cm³/mol. The Kier molecular flexibility index (Phi) is 6.64. The lowest BCUT2D eigenvalue weighted by molar-refractivity contribution is 0.590. The second-order valence-electron chi connectivity index (χ2n) is 6.67. The number of hydrogen-bond donors (Lipinski definition) is 0. The van der Waals surface area contributed by atoms with Crippen LogP contribution in [0.25, 0.3) is 5.69 Å². The van der Waals surface area contributed by atoms with Crippen LogP contribution in [0.1, 0.15) is 37.9 Å². The van der Waals surface area contributed by atoms with E-state index in [4.69, 9.17) is 0 Å². The summed E-state index contributed by atoms with van der Waals surface area (Å²) in [5.74, 6) is 1.00. The fourth-order valence-electron chi connectivity index (χ4n) is 2.46. The minimum atomic E-state index is 0. The zero-order valence-corrected chi connectivity index (χ0v) is 16.1. The van der Waals surface area contributed by atoms with Gasteiger partial charge in [-0.25, -0.2) is 9.97 Å². The predicted octanol–water partition coefficient (Wildman–Crippen LogP) is 4.57. The van der Waals surface area contributed by atoms with E-state index in [0.717, 1.165) is 23.8 Å². The molecule has 0 saturated carbocycles. The van der Waals surface area contributed by atoms with Gasteiger partial charge >= 0.3 is 0 Å². The third-order valence-electron chi connectivity index (χ3n) is 3.90. The minimum absolute atomic E-state index is 0. The third-order valence-corrected chi connectivity index (χ3v) is 3.90. The fraction of sp³-hybridized carbons (Fsp3) is 0.333. The van der Waals surface area contributed by atoms with Crippen molar-refractivity contribution in [3.05, 3.63) is 66.3 Å². The Morgan fingerprint density at radius 2 is 1.83 bits per heavy atom. The summed E-state index contributed by atoms with van der Waals surface area (Å²) in [6.07, 6.45) is 7.76. The lowest BCUT2D eigenvalue weighted by Crippen LogP contribution is -2.11. The van der Waals surface area contributed by atoms with Crippen molar-refractivity contribution < 1.29 is 0 Å². The summed E-state index contributed by atoms with van der Waals surface area (Å²) < 4.78 is 4.18. The standard InChI is InChI=1S/C18H22N4.2ClH/c1-14-19-8-9-21(14)11-16-12-22(13-20-16)17-7-5-6-15(10-17)18(2,3)4;;/h5-10,12-13H,11H2,1-4H3;2*1H. The molecule has 2 heterocycles. The normalized spacial score (nSPS) is 10.8. The molecule has 3 rings (SSSR count). The Morgan fingerprint density at radius 1 is 1.08 bits per heavy atom. The molecule has 0 saturated heterocycles. The van der Waals surface area contributed by atoms with Gasteiger partial charge in [0.2, 0.25) is 0 Å². The number of imidazole rings is 2. The topological polar surface area (TPSA) is 35.6 Å². The van der Waals surface area contributed by atoms with Gasteiger partial charge < -0.3 is 9.13 Å². The molecule has 0 atom stereocenters. The molecule has 3 aromatic rings. The number of nitrogens with zero attached hydrogens (tertiary/aromatic N) is 4. The molecule has 24 heavy (non-hydrogen) atoms. The molecule has 2 aromatic heterocycles. The van der Waals surface area contributed by atoms with Gasteiger partial charge in [-0.2, -0.15) is 0 Å². The molecule has 0 aliphatic rings. The van der Waals surface area contributed by atoms with Gasteiger partial charge in [-0.15, -0.1) is 24.8 Å². The molecule has 0 fully saturated rings. The molecule has 0 spiro atoms. The van der Waals surface area contributed by atoms with Crippen molar-refractivity contribution in [2.75, 3.05) is 0 Å². The second-order valence-corrected chi connectivity index (χ2v) is 6.67. The third kappa shape index (κ3) is 4.40. The molecule has 0 aliphatic carbocycles. The number of aryl methyl sites for hydroxylation is 1. The van der Waals surface area contributed by atoms with Gasteiger partial charge in [-0.3, -0.25) is 0 Å². The molecule has 1 aromatic carbocycles. The smallest absolute Gasteiger partial charge is 0.105 e. The van der Waals surface area contributed by atoms with E-state index in [9.17, 15) is 0 Å². The number of benzene rings is 1. The van der Waals surface area contributed by atoms with Gasteiger partial charge in [-0.1, -0.05) is 32.9 Å². The maximum Gasteiger partial charge on any atom is 0.105 e. The van der Waals surface area contributed by atoms with Crippen LogP contribution in [-0.2, 0) is 12.0 Å². The first kappa shape index (κ1) is 20.3. The van der Waals surface area contributed by atoms with Gasteiger partial charge in [0.15, 0.2) is 0 Å². The number of aromatic nitrogens is 4. The van der Waals surface area contributed by atoms with Crippen LogP contribution in [0.5, 0.6) is 0 Å². The van der Waals surface area contributed by atoms with Gasteiger partial charge in [0, 0.05) is 24.3 Å². The first-order chi connectivity index (χ1) is 10.4. The monoisotopic (exact) mass is 366 g/mol. The highest BCUT2D eigenvalue weighted by Gasteiger charge is 2.14. The summed E-state index contributed by atoms with van der Waals surface area (Å²) in [4.78, 5) is 8.76. The van der Waals surface area contributed by atoms with Gasteiger partial charge in [0.05, 0.1) is 18.6 Å². The molecule has 0 unspecified atom stereocenters. The Balaban J connectivity index is 0.00000144. The molecule has 6 heteroatoms. The van der Waals surface area contributed by atoms with E-state index in [1.807, 2.05) is 25.6 Å². The van der Waals surface area contributed by atoms with Crippen LogP contribution in [0.15, 0.2) is 49.2 Å². The highest BCUT2D eigenvalue weighted by atomic mass is 35.5. The summed E-state index contributed by atoms with van der Waals surface area (Å²) >= 11 is 0. The van der Waals surface area contributed by atoms with E-state index in [1.54, 1.807) is 0 Å². The number of hydrogen-bond acceptors (Lipinski definition) is 2. The maximum absolute atomic E-state index is 4.51. The SMILES string of the molecule is Cc1nccn1Cc1cn(-c2cccc(C(C)(C)C)c2)cn1.Cl.Cl. The molecule has 0 radical (unpaired) electrons. The molecule has 0 aliphatic heterocycles. The van der Waals surface area contributed by atoms with Crippen molar-refractivity contribution in [3.8, 4) is 5.69 Å². The lowest BCUT2D eigenvalue weighted by Gasteiger charge is -2.19. The van der Waals surface area contributed by atoms with Gasteiger partial charge in [0.1, 0.15) is 5.82 Å². The zero-order valence-electron chi connectivity index (χ0n) is 14.4. The van der Waals surface area contributed by atoms with Crippen LogP contribution >= 0.6 is 24.8 Å². The largest absolute Gasteiger partial charge is 0.329 e. The van der Waals surface area contributed by atoms with E-state index in [1.165, 1.54) is 5.56 Å². The van der Waals surface area contributed by atoms with Crippen LogP contribution in [-0.4, -0.2) is 19.1 Å². The summed E-state index contributed by atoms with van der Waals surface area (Å²) in [5, 5.41) is 0. The molecule has 0 bridgehead atoms. The van der Waals surface area contributed by atoms with Gasteiger partial charge in [-0.05, 0) is 30.0 Å². The quantitative estimate of drug-likeness (QED) is 0.680. The molecule has 0 amide bonds. The van der Waals surface area contributed by atoms with Crippen molar-refractivity contribution in [1.82, 2.24) is 19.1 Å². The average molecular weight is 367 g/mol. The van der Waals surface area contributed by atoms with Crippen molar-refractivity contribution in [2.45, 2.75) is 39.7 Å². The van der Waals surface area contributed by atoms with Crippen molar-refractivity contribution in [3.63, 3.8) is 0 Å². The van der Waals surface area contributed by atoms with E-state index >= 15 is 0 Å². The van der Waals surface area contributed by atoms with Crippen molar-refractivity contribution in [1.29, 1.82) is 0 Å². The van der Waals surface area contributed by atoms with Crippen LogP contribution in [0.3, 0.4) is 0 Å². The van der Waals surface area contributed by atoms with Crippen LogP contribution in [0.4, 0.5) is 0 Å². The molecular formula is C18H24Cl2N4. The molecule has 0 N–H and O–H groups in total. The van der Waals surface area contributed by atoms with Crippen LogP contribution < -0.4 is 0 Å². The highest BCUT2D eigenvalue weighted by molar-refractivity contribution is 5.85. The van der Waals surface area contributed by atoms with Crippen molar-refractivity contribution >= 4 is 24.8 Å². The Bertz CT molecular complexity index is 784. The second kappa shape index (κ2) is 7.86. The van der Waals surface area contributed by atoms with Crippen LogP contribution in [0.2, 0.25) is 0 Å². The first-order valence-electron chi connectivity index (χ1n) is 7.55. The lowest BCUT2D eigenvalue weighted by atomic mass is 9.87.